The molecule has 1 aliphatic heterocycles. The van der Waals surface area contributed by atoms with Crippen LogP contribution in [0, 0.1) is 0 Å². The van der Waals surface area contributed by atoms with Crippen molar-refractivity contribution in [3.05, 3.63) is 72.3 Å². The van der Waals surface area contributed by atoms with Crippen LogP contribution in [0.25, 0.3) is 10.8 Å². The standard InChI is InChI=1S/C23H25BO3/c1-22(2)23(3,4)27-24(26-22)19-14-12-17(13-15-19)16-25-21-11-7-9-18-8-5-6-10-20(18)21/h5-15H,16H2,1-4H3. The Hall–Kier alpha value is -2.30. The van der Waals surface area contributed by atoms with E-state index in [1.807, 2.05) is 24.3 Å². The Morgan fingerprint density at radius 1 is 0.778 bits per heavy atom. The molecule has 4 heteroatoms. The number of benzene rings is 3. The summed E-state index contributed by atoms with van der Waals surface area (Å²) in [7, 11) is -0.331. The second-order valence-corrected chi connectivity index (χ2v) is 8.10. The van der Waals surface area contributed by atoms with Crippen LogP contribution in [-0.4, -0.2) is 18.3 Å². The van der Waals surface area contributed by atoms with Crippen LogP contribution in [0.4, 0.5) is 0 Å². The number of hydrogen-bond acceptors (Lipinski definition) is 3. The molecule has 1 heterocycles. The molecule has 1 aliphatic rings. The number of hydrogen-bond donors (Lipinski definition) is 0. The summed E-state index contributed by atoms with van der Waals surface area (Å²) < 4.78 is 18.3. The summed E-state index contributed by atoms with van der Waals surface area (Å²) in [5.74, 6) is 0.906. The van der Waals surface area contributed by atoms with Gasteiger partial charge in [-0.2, -0.15) is 0 Å². The third kappa shape index (κ3) is 3.47. The first-order valence-corrected chi connectivity index (χ1v) is 9.41. The lowest BCUT2D eigenvalue weighted by atomic mass is 9.79. The van der Waals surface area contributed by atoms with Crippen molar-refractivity contribution in [1.29, 1.82) is 0 Å². The lowest BCUT2D eigenvalue weighted by Gasteiger charge is -2.32. The summed E-state index contributed by atoms with van der Waals surface area (Å²) in [6.07, 6.45) is 0. The van der Waals surface area contributed by atoms with Crippen LogP contribution < -0.4 is 10.2 Å². The Balaban J connectivity index is 1.46. The van der Waals surface area contributed by atoms with Crippen LogP contribution in [0.2, 0.25) is 0 Å². The molecule has 0 saturated carbocycles. The molecule has 0 aromatic heterocycles. The highest BCUT2D eigenvalue weighted by atomic mass is 16.7. The maximum absolute atomic E-state index is 6.11. The summed E-state index contributed by atoms with van der Waals surface area (Å²) in [5, 5.41) is 2.32. The molecule has 3 aromatic carbocycles. The van der Waals surface area contributed by atoms with Crippen LogP contribution >= 0.6 is 0 Å². The quantitative estimate of drug-likeness (QED) is 0.631. The average Bonchev–Trinajstić information content (AvgIpc) is 2.88. The lowest BCUT2D eigenvalue weighted by molar-refractivity contribution is 0.00578. The third-order valence-electron chi connectivity index (χ3n) is 5.65. The molecule has 1 fully saturated rings. The molecule has 4 rings (SSSR count). The van der Waals surface area contributed by atoms with E-state index in [4.69, 9.17) is 14.0 Å². The van der Waals surface area contributed by atoms with Crippen molar-refractivity contribution in [1.82, 2.24) is 0 Å². The monoisotopic (exact) mass is 360 g/mol. The minimum absolute atomic E-state index is 0.326. The molecule has 0 bridgehead atoms. The van der Waals surface area contributed by atoms with E-state index >= 15 is 0 Å². The third-order valence-corrected chi connectivity index (χ3v) is 5.65. The molecule has 0 spiro atoms. The van der Waals surface area contributed by atoms with Crippen LogP contribution in [0.1, 0.15) is 33.3 Å². The zero-order valence-corrected chi connectivity index (χ0v) is 16.4. The van der Waals surface area contributed by atoms with Gasteiger partial charge in [0.05, 0.1) is 11.2 Å². The maximum Gasteiger partial charge on any atom is 0.494 e. The maximum atomic E-state index is 6.11. The van der Waals surface area contributed by atoms with Crippen molar-refractivity contribution in [2.75, 3.05) is 0 Å². The number of ether oxygens (including phenoxy) is 1. The van der Waals surface area contributed by atoms with Gasteiger partial charge < -0.3 is 14.0 Å². The molecule has 0 amide bonds. The minimum Gasteiger partial charge on any atom is -0.488 e. The SMILES string of the molecule is CC1(C)OB(c2ccc(COc3cccc4ccccc34)cc2)OC1(C)C. The van der Waals surface area contributed by atoms with Crippen molar-refractivity contribution < 1.29 is 14.0 Å². The highest BCUT2D eigenvalue weighted by molar-refractivity contribution is 6.62. The van der Waals surface area contributed by atoms with Gasteiger partial charge in [-0.15, -0.1) is 0 Å². The highest BCUT2D eigenvalue weighted by Crippen LogP contribution is 2.36. The molecule has 0 atom stereocenters. The Morgan fingerprint density at radius 3 is 2.11 bits per heavy atom. The summed E-state index contributed by atoms with van der Waals surface area (Å²) in [6.45, 7) is 8.80. The van der Waals surface area contributed by atoms with E-state index in [9.17, 15) is 0 Å². The van der Waals surface area contributed by atoms with E-state index < -0.39 is 0 Å². The molecular formula is C23H25BO3. The van der Waals surface area contributed by atoms with Crippen molar-refractivity contribution in [2.24, 2.45) is 0 Å². The Bertz CT molecular complexity index is 926. The molecule has 0 aliphatic carbocycles. The normalized spacial score (nSPS) is 18.0. The van der Waals surface area contributed by atoms with E-state index in [2.05, 4.69) is 70.2 Å². The molecule has 0 radical (unpaired) electrons. The van der Waals surface area contributed by atoms with Crippen molar-refractivity contribution in [3.8, 4) is 5.75 Å². The molecular weight excluding hydrogens is 335 g/mol. The first-order chi connectivity index (χ1) is 12.9. The van der Waals surface area contributed by atoms with Crippen LogP contribution in [0.5, 0.6) is 5.75 Å². The second-order valence-electron chi connectivity index (χ2n) is 8.10. The summed E-state index contributed by atoms with van der Waals surface area (Å²) in [5.41, 5.74) is 1.49. The van der Waals surface area contributed by atoms with Gasteiger partial charge in [-0.05, 0) is 50.2 Å². The molecule has 3 aromatic rings. The smallest absolute Gasteiger partial charge is 0.488 e. The van der Waals surface area contributed by atoms with Crippen molar-refractivity contribution in [3.63, 3.8) is 0 Å². The largest absolute Gasteiger partial charge is 0.494 e. The van der Waals surface area contributed by atoms with E-state index in [-0.39, 0.29) is 18.3 Å². The first kappa shape index (κ1) is 18.1. The molecule has 1 saturated heterocycles. The van der Waals surface area contributed by atoms with Crippen LogP contribution in [-0.2, 0) is 15.9 Å². The summed E-state index contributed by atoms with van der Waals surface area (Å²) >= 11 is 0. The van der Waals surface area contributed by atoms with Crippen molar-refractivity contribution in [2.45, 2.75) is 45.5 Å². The second kappa shape index (κ2) is 6.70. The topological polar surface area (TPSA) is 27.7 Å². The van der Waals surface area contributed by atoms with E-state index in [0.29, 0.717) is 6.61 Å². The zero-order valence-electron chi connectivity index (χ0n) is 16.4. The van der Waals surface area contributed by atoms with Crippen molar-refractivity contribution >= 4 is 23.4 Å². The summed E-state index contributed by atoms with van der Waals surface area (Å²) in [6, 6.07) is 22.7. The fraction of sp³-hybridized carbons (Fsp3) is 0.304. The number of fused-ring (bicyclic) bond motifs is 1. The first-order valence-electron chi connectivity index (χ1n) is 9.41. The summed E-state index contributed by atoms with van der Waals surface area (Å²) in [4.78, 5) is 0. The fourth-order valence-corrected chi connectivity index (χ4v) is 3.23. The van der Waals surface area contributed by atoms with Gasteiger partial charge in [-0.1, -0.05) is 60.7 Å². The van der Waals surface area contributed by atoms with Crippen LogP contribution in [0.15, 0.2) is 66.7 Å². The van der Waals surface area contributed by atoms with Crippen LogP contribution in [0.3, 0.4) is 0 Å². The Labute approximate surface area is 161 Å². The van der Waals surface area contributed by atoms with Gasteiger partial charge in [0.15, 0.2) is 0 Å². The van der Waals surface area contributed by atoms with Gasteiger partial charge in [0.2, 0.25) is 0 Å². The van der Waals surface area contributed by atoms with E-state index in [1.54, 1.807) is 0 Å². The zero-order chi connectivity index (χ0) is 19.1. The van der Waals surface area contributed by atoms with Gasteiger partial charge >= 0.3 is 7.12 Å². The van der Waals surface area contributed by atoms with E-state index in [0.717, 1.165) is 22.2 Å². The van der Waals surface area contributed by atoms with E-state index in [1.165, 1.54) is 5.39 Å². The number of rotatable bonds is 4. The minimum atomic E-state index is -0.331. The molecule has 0 N–H and O–H groups in total. The fourth-order valence-electron chi connectivity index (χ4n) is 3.23. The lowest BCUT2D eigenvalue weighted by Crippen LogP contribution is -2.41. The molecule has 27 heavy (non-hydrogen) atoms. The predicted octanol–water partition coefficient (Wildman–Crippen LogP) is 4.72. The van der Waals surface area contributed by atoms with Gasteiger partial charge in [-0.3, -0.25) is 0 Å². The Kier molecular flexibility index (Phi) is 4.49. The molecule has 0 unspecified atom stereocenters. The van der Waals surface area contributed by atoms with Gasteiger partial charge in [0, 0.05) is 5.39 Å². The predicted molar refractivity (Wildman–Crippen MR) is 110 cm³/mol. The van der Waals surface area contributed by atoms with Gasteiger partial charge in [-0.25, -0.2) is 0 Å². The molecule has 138 valence electrons. The highest BCUT2D eigenvalue weighted by Gasteiger charge is 2.51. The average molecular weight is 360 g/mol. The molecule has 3 nitrogen and oxygen atoms in total. The Morgan fingerprint density at radius 2 is 1.41 bits per heavy atom. The van der Waals surface area contributed by atoms with Gasteiger partial charge in [0.1, 0.15) is 12.4 Å². The van der Waals surface area contributed by atoms with Gasteiger partial charge in [0.25, 0.3) is 0 Å².